The molecule has 0 aliphatic heterocycles. The molecule has 11 nitrogen and oxygen atoms in total. The minimum atomic E-state index is -3.94. The highest BCUT2D eigenvalue weighted by Gasteiger charge is 2.26. The number of methoxy groups -OCH3 is 2. The predicted octanol–water partition coefficient (Wildman–Crippen LogP) is 4.62. The molecule has 4 aromatic rings. The van der Waals surface area contributed by atoms with Crippen LogP contribution in [0.3, 0.4) is 0 Å². The van der Waals surface area contributed by atoms with Gasteiger partial charge in [0.25, 0.3) is 0 Å². The van der Waals surface area contributed by atoms with E-state index in [1.807, 2.05) is 0 Å². The van der Waals surface area contributed by atoms with E-state index >= 15 is 0 Å². The van der Waals surface area contributed by atoms with Crippen molar-refractivity contribution in [3.8, 4) is 28.8 Å². The number of rotatable bonds is 9. The second-order valence-electron chi connectivity index (χ2n) is 7.09. The summed E-state index contributed by atoms with van der Waals surface area (Å²) in [6, 6.07) is 8.56. The highest BCUT2D eigenvalue weighted by molar-refractivity contribution is 7.92. The molecule has 38 heavy (non-hydrogen) atoms. The van der Waals surface area contributed by atoms with Gasteiger partial charge in [-0.1, -0.05) is 6.07 Å². The summed E-state index contributed by atoms with van der Waals surface area (Å²) in [6.45, 7) is 13.8. The fourth-order valence-corrected chi connectivity index (χ4v) is 4.18. The van der Waals surface area contributed by atoms with Crippen LogP contribution in [0.5, 0.6) is 11.5 Å². The Bertz CT molecular complexity index is 1420. The van der Waals surface area contributed by atoms with Gasteiger partial charge in [-0.3, -0.25) is 9.29 Å². The van der Waals surface area contributed by atoms with Crippen LogP contribution >= 0.6 is 0 Å². The van der Waals surface area contributed by atoms with Crippen molar-refractivity contribution in [1.29, 1.82) is 0 Å². The summed E-state index contributed by atoms with van der Waals surface area (Å²) in [7, 11) is -0.979. The molecule has 0 saturated carbocycles. The zero-order chi connectivity index (χ0) is 28.3. The Morgan fingerprint density at radius 2 is 1.63 bits per heavy atom. The molecule has 3 aromatic heterocycles. The average Bonchev–Trinajstić information content (AvgIpc) is 3.55. The fraction of sp³-hybridized carbons (Fsp3) is 0.200. The van der Waals surface area contributed by atoms with Crippen LogP contribution in [0, 0.1) is 12.7 Å². The van der Waals surface area contributed by atoms with Gasteiger partial charge in [0, 0.05) is 7.85 Å². The molecule has 0 aliphatic carbocycles. The third-order valence-corrected chi connectivity index (χ3v) is 6.00. The minimum absolute atomic E-state index is 0. The summed E-state index contributed by atoms with van der Waals surface area (Å²) in [5, 5.41) is 8.21. The van der Waals surface area contributed by atoms with E-state index in [9.17, 15) is 12.8 Å². The Morgan fingerprint density at radius 1 is 1.03 bits per heavy atom. The summed E-state index contributed by atoms with van der Waals surface area (Å²) in [5.41, 5.74) is 0.376. The standard InChI is InChI=1S/C21H21FN6O5S.2C2H4.H2/c1-13-7-8-17(33-13)20-25-26-21(28(20)19-15(31-2)5-4-6-16(19)32-3)27-34(29,30)10-9-18-23-11-14(22)12-24-18;2*1-2;/h4-8,11-12H,9-10H2,1-3H3,(H,26,27);2*1-2H2;1H. The maximum Gasteiger partial charge on any atom is 0.243 e. The zero-order valence-electron chi connectivity index (χ0n) is 21.3. The topological polar surface area (TPSA) is 134 Å². The Labute approximate surface area is 222 Å². The molecule has 0 radical (unpaired) electrons. The van der Waals surface area contributed by atoms with Gasteiger partial charge < -0.3 is 13.9 Å². The highest BCUT2D eigenvalue weighted by Crippen LogP contribution is 2.38. The van der Waals surface area contributed by atoms with Gasteiger partial charge in [-0.25, -0.2) is 22.8 Å². The van der Waals surface area contributed by atoms with Crippen molar-refractivity contribution in [2.45, 2.75) is 13.3 Å². The lowest BCUT2D eigenvalue weighted by atomic mass is 10.2. The van der Waals surface area contributed by atoms with E-state index in [-0.39, 0.29) is 31.2 Å². The van der Waals surface area contributed by atoms with Crippen LogP contribution in [0.4, 0.5) is 10.3 Å². The molecule has 0 aliphatic rings. The van der Waals surface area contributed by atoms with E-state index in [2.05, 4.69) is 51.2 Å². The minimum Gasteiger partial charge on any atom is -0.494 e. The molecule has 4 rings (SSSR count). The van der Waals surface area contributed by atoms with Gasteiger partial charge in [0.15, 0.2) is 11.6 Å². The molecular formula is C25H31FN6O5S. The van der Waals surface area contributed by atoms with Gasteiger partial charge >= 0.3 is 0 Å². The van der Waals surface area contributed by atoms with Gasteiger partial charge in [0.2, 0.25) is 21.8 Å². The van der Waals surface area contributed by atoms with E-state index in [1.54, 1.807) is 37.3 Å². The first-order valence-corrected chi connectivity index (χ1v) is 12.7. The Hall–Kier alpha value is -4.52. The van der Waals surface area contributed by atoms with E-state index in [1.165, 1.54) is 18.8 Å². The zero-order valence-corrected chi connectivity index (χ0v) is 22.2. The van der Waals surface area contributed by atoms with E-state index in [4.69, 9.17) is 13.9 Å². The van der Waals surface area contributed by atoms with Crippen LogP contribution in [0.25, 0.3) is 17.3 Å². The average molecular weight is 547 g/mol. The van der Waals surface area contributed by atoms with Crippen LogP contribution in [0.2, 0.25) is 0 Å². The third-order valence-electron chi connectivity index (χ3n) is 4.76. The van der Waals surface area contributed by atoms with Gasteiger partial charge in [0.1, 0.15) is 28.8 Å². The van der Waals surface area contributed by atoms with Crippen molar-refractivity contribution in [2.24, 2.45) is 0 Å². The van der Waals surface area contributed by atoms with Crippen molar-refractivity contribution in [2.75, 3.05) is 24.7 Å². The predicted molar refractivity (Wildman–Crippen MR) is 145 cm³/mol. The molecule has 204 valence electrons. The van der Waals surface area contributed by atoms with Gasteiger partial charge in [-0.2, -0.15) is 0 Å². The van der Waals surface area contributed by atoms with Crippen molar-refractivity contribution >= 4 is 16.0 Å². The number of aromatic nitrogens is 5. The second kappa shape index (κ2) is 13.7. The van der Waals surface area contributed by atoms with Crippen molar-refractivity contribution in [3.05, 3.63) is 86.4 Å². The summed E-state index contributed by atoms with van der Waals surface area (Å²) in [6.07, 6.45) is 1.92. The molecule has 13 heteroatoms. The highest BCUT2D eigenvalue weighted by atomic mass is 32.2. The Morgan fingerprint density at radius 3 is 2.16 bits per heavy atom. The number of aryl methyl sites for hydroxylation is 2. The lowest BCUT2D eigenvalue weighted by molar-refractivity contribution is 0.391. The van der Waals surface area contributed by atoms with E-state index in [0.29, 0.717) is 28.7 Å². The molecule has 0 saturated heterocycles. The van der Waals surface area contributed by atoms with E-state index < -0.39 is 15.8 Å². The number of para-hydroxylation sites is 1. The molecule has 3 heterocycles. The second-order valence-corrected chi connectivity index (χ2v) is 8.93. The number of furan rings is 1. The van der Waals surface area contributed by atoms with Crippen LogP contribution in [-0.4, -0.2) is 53.1 Å². The number of hydrogen-bond donors (Lipinski definition) is 1. The molecule has 0 unspecified atom stereocenters. The number of ether oxygens (including phenoxy) is 2. The van der Waals surface area contributed by atoms with Crippen molar-refractivity contribution < 1.29 is 28.1 Å². The summed E-state index contributed by atoms with van der Waals surface area (Å²) < 4.78 is 59.4. The first-order valence-electron chi connectivity index (χ1n) is 11.0. The van der Waals surface area contributed by atoms with Crippen molar-refractivity contribution in [3.63, 3.8) is 0 Å². The van der Waals surface area contributed by atoms with E-state index in [0.717, 1.165) is 12.4 Å². The molecule has 1 aromatic carbocycles. The SMILES string of the molecule is C=C.C=C.COc1cccc(OC)c1-n1c(NS(=O)(=O)CCc2ncc(F)cn2)nnc1-c1ccc(C)o1.[HH]. The third kappa shape index (κ3) is 7.03. The number of halogens is 1. The normalized spacial score (nSPS) is 10.4. The quantitative estimate of drug-likeness (QED) is 0.298. The fourth-order valence-electron chi connectivity index (χ4n) is 3.21. The smallest absolute Gasteiger partial charge is 0.243 e. The lowest BCUT2D eigenvalue weighted by Crippen LogP contribution is -2.21. The first-order chi connectivity index (χ1) is 18.3. The molecule has 1 N–H and O–H groups in total. The maximum atomic E-state index is 13.0. The van der Waals surface area contributed by atoms with Crippen molar-refractivity contribution in [1.82, 2.24) is 24.7 Å². The van der Waals surface area contributed by atoms with Crippen LogP contribution < -0.4 is 14.2 Å². The molecule has 0 atom stereocenters. The number of nitrogens with one attached hydrogen (secondary N) is 1. The van der Waals surface area contributed by atoms with Gasteiger partial charge in [-0.15, -0.1) is 36.5 Å². The van der Waals surface area contributed by atoms with Gasteiger partial charge in [0.05, 0.1) is 32.4 Å². The Balaban J connectivity index is 0.00000145. The van der Waals surface area contributed by atoms with Crippen LogP contribution in [-0.2, 0) is 16.4 Å². The first kappa shape index (κ1) is 29.7. The maximum absolute atomic E-state index is 13.0. The molecule has 0 fully saturated rings. The summed E-state index contributed by atoms with van der Waals surface area (Å²) in [4.78, 5) is 7.58. The number of nitrogens with zero attached hydrogens (tertiary/aromatic N) is 5. The van der Waals surface area contributed by atoms with Crippen LogP contribution in [0.1, 0.15) is 13.0 Å². The molecule has 0 amide bonds. The molecule has 0 bridgehead atoms. The van der Waals surface area contributed by atoms with Gasteiger partial charge in [-0.05, 0) is 31.2 Å². The number of hydrogen-bond acceptors (Lipinski definition) is 9. The number of sulfonamides is 1. The molecular weight excluding hydrogens is 515 g/mol. The largest absolute Gasteiger partial charge is 0.494 e. The number of anilines is 1. The lowest BCUT2D eigenvalue weighted by Gasteiger charge is -2.17. The monoisotopic (exact) mass is 546 g/mol. The Kier molecular flexibility index (Phi) is 10.7. The van der Waals surface area contributed by atoms with Crippen LogP contribution in [0.15, 0.2) is 73.5 Å². The molecule has 0 spiro atoms. The summed E-state index contributed by atoms with van der Waals surface area (Å²) >= 11 is 0. The summed E-state index contributed by atoms with van der Waals surface area (Å²) in [5.74, 6) is 1.12. The number of benzene rings is 1.